The van der Waals surface area contributed by atoms with Gasteiger partial charge in [0.05, 0.1) is 10.7 Å². The van der Waals surface area contributed by atoms with Gasteiger partial charge in [-0.1, -0.05) is 17.7 Å². The first-order valence-corrected chi connectivity index (χ1v) is 5.04. The van der Waals surface area contributed by atoms with Crippen molar-refractivity contribution >= 4 is 17.3 Å². The molecule has 0 radical (unpaired) electrons. The molecule has 1 aromatic carbocycles. The number of nitrogens with one attached hydrogen (secondary N) is 1. The predicted molar refractivity (Wildman–Crippen MR) is 55.8 cm³/mol. The van der Waals surface area contributed by atoms with Crippen LogP contribution in [0.2, 0.25) is 5.02 Å². The Balaban J connectivity index is 2.38. The Labute approximate surface area is 87.2 Å². The van der Waals surface area contributed by atoms with Gasteiger partial charge in [0.1, 0.15) is 0 Å². The van der Waals surface area contributed by atoms with Crippen LogP contribution in [0.3, 0.4) is 0 Å². The third-order valence-corrected chi connectivity index (χ3v) is 2.96. The summed E-state index contributed by atoms with van der Waals surface area (Å²) in [5.74, 6) is -0.502. The summed E-state index contributed by atoms with van der Waals surface area (Å²) >= 11 is 5.88. The van der Waals surface area contributed by atoms with E-state index in [0.29, 0.717) is 0 Å². The number of hydrogen-bond acceptors (Lipinski definition) is 2. The smallest absolute Gasteiger partial charge is 0.164 e. The number of anilines is 1. The van der Waals surface area contributed by atoms with Gasteiger partial charge < -0.3 is 11.1 Å². The summed E-state index contributed by atoms with van der Waals surface area (Å²) in [5, 5.41) is 3.43. The second kappa shape index (κ2) is 3.75. The Morgan fingerprint density at radius 3 is 2.93 bits per heavy atom. The number of benzene rings is 1. The lowest BCUT2D eigenvalue weighted by atomic mass is 10.0. The average Bonchev–Trinajstić information content (AvgIpc) is 2.67. The Kier molecular flexibility index (Phi) is 2.61. The van der Waals surface area contributed by atoms with E-state index in [9.17, 15) is 4.39 Å². The summed E-state index contributed by atoms with van der Waals surface area (Å²) < 4.78 is 13.4. The number of hydrogen-bond donors (Lipinski definition) is 2. The lowest BCUT2D eigenvalue weighted by Gasteiger charge is -2.13. The van der Waals surface area contributed by atoms with Crippen LogP contribution in [0.4, 0.5) is 10.1 Å². The van der Waals surface area contributed by atoms with E-state index in [4.69, 9.17) is 17.3 Å². The molecule has 4 heteroatoms. The molecule has 1 aliphatic heterocycles. The van der Waals surface area contributed by atoms with Crippen LogP contribution < -0.4 is 11.1 Å². The molecular formula is C10H12ClFN2. The van der Waals surface area contributed by atoms with Gasteiger partial charge >= 0.3 is 0 Å². The average molecular weight is 215 g/mol. The van der Waals surface area contributed by atoms with Gasteiger partial charge in [0.25, 0.3) is 0 Å². The Bertz CT molecular complexity index is 348. The molecule has 0 aliphatic carbocycles. The lowest BCUT2D eigenvalue weighted by Crippen LogP contribution is -2.14. The van der Waals surface area contributed by atoms with Gasteiger partial charge in [-0.25, -0.2) is 4.39 Å². The SMILES string of the molecule is Nc1ccc([C@H]2CCCN2)c(Cl)c1F. The summed E-state index contributed by atoms with van der Waals surface area (Å²) in [4.78, 5) is 0. The fourth-order valence-corrected chi connectivity index (χ4v) is 2.10. The van der Waals surface area contributed by atoms with Crippen molar-refractivity contribution in [1.82, 2.24) is 5.32 Å². The maximum absolute atomic E-state index is 13.4. The van der Waals surface area contributed by atoms with Gasteiger partial charge in [-0.15, -0.1) is 0 Å². The van der Waals surface area contributed by atoms with E-state index in [0.717, 1.165) is 24.9 Å². The van der Waals surface area contributed by atoms with Crippen LogP contribution in [0.25, 0.3) is 0 Å². The van der Waals surface area contributed by atoms with Crippen LogP contribution >= 0.6 is 11.6 Å². The first-order valence-electron chi connectivity index (χ1n) is 4.67. The Hall–Kier alpha value is -0.800. The molecule has 1 fully saturated rings. The second-order valence-electron chi connectivity index (χ2n) is 3.52. The van der Waals surface area contributed by atoms with Crippen LogP contribution in [0, 0.1) is 5.82 Å². The van der Waals surface area contributed by atoms with Crippen molar-refractivity contribution < 1.29 is 4.39 Å². The summed E-state index contributed by atoms with van der Waals surface area (Å²) in [6, 6.07) is 3.54. The predicted octanol–water partition coefficient (Wildman–Crippen LogP) is 2.49. The van der Waals surface area contributed by atoms with E-state index >= 15 is 0 Å². The number of nitrogen functional groups attached to an aromatic ring is 1. The van der Waals surface area contributed by atoms with Crippen molar-refractivity contribution in [1.29, 1.82) is 0 Å². The molecule has 0 unspecified atom stereocenters. The maximum atomic E-state index is 13.4. The highest BCUT2D eigenvalue weighted by atomic mass is 35.5. The van der Waals surface area contributed by atoms with Gasteiger partial charge in [0, 0.05) is 6.04 Å². The molecule has 2 nitrogen and oxygen atoms in total. The first kappa shape index (κ1) is 9.74. The molecule has 0 saturated carbocycles. The minimum absolute atomic E-state index is 0.108. The third-order valence-electron chi connectivity index (χ3n) is 2.58. The molecule has 0 spiro atoms. The topological polar surface area (TPSA) is 38.0 Å². The molecule has 3 N–H and O–H groups in total. The molecule has 76 valence electrons. The van der Waals surface area contributed by atoms with Crippen LogP contribution in [-0.2, 0) is 0 Å². The molecule has 0 bridgehead atoms. The lowest BCUT2D eigenvalue weighted by molar-refractivity contribution is 0.610. The highest BCUT2D eigenvalue weighted by Crippen LogP contribution is 2.32. The standard InChI is InChI=1S/C10H12ClFN2/c11-9-6(8-2-1-5-14-8)3-4-7(13)10(9)12/h3-4,8,14H,1-2,5,13H2/t8-/m1/s1. The highest BCUT2D eigenvalue weighted by molar-refractivity contribution is 6.31. The third kappa shape index (κ3) is 1.57. The van der Waals surface area contributed by atoms with Crippen molar-refractivity contribution in [3.05, 3.63) is 28.5 Å². The molecular weight excluding hydrogens is 203 g/mol. The molecule has 1 saturated heterocycles. The zero-order valence-corrected chi connectivity index (χ0v) is 8.44. The second-order valence-corrected chi connectivity index (χ2v) is 3.90. The summed E-state index contributed by atoms with van der Waals surface area (Å²) in [7, 11) is 0. The van der Waals surface area contributed by atoms with Gasteiger partial charge in [-0.3, -0.25) is 0 Å². The van der Waals surface area contributed by atoms with Crippen LogP contribution in [-0.4, -0.2) is 6.54 Å². The molecule has 0 aromatic heterocycles. The number of halogens is 2. The maximum Gasteiger partial charge on any atom is 0.164 e. The fourth-order valence-electron chi connectivity index (χ4n) is 1.80. The summed E-state index contributed by atoms with van der Waals surface area (Å²) in [5.41, 5.74) is 6.33. The Morgan fingerprint density at radius 2 is 2.29 bits per heavy atom. The van der Waals surface area contributed by atoms with Crippen molar-refractivity contribution in [2.45, 2.75) is 18.9 Å². The largest absolute Gasteiger partial charge is 0.396 e. The first-order chi connectivity index (χ1) is 6.70. The van der Waals surface area contributed by atoms with E-state index < -0.39 is 5.82 Å². The van der Waals surface area contributed by atoms with Gasteiger partial charge in [-0.05, 0) is 31.0 Å². The van der Waals surface area contributed by atoms with E-state index in [-0.39, 0.29) is 16.8 Å². The molecule has 1 aromatic rings. The molecule has 0 amide bonds. The quantitative estimate of drug-likeness (QED) is 0.705. The van der Waals surface area contributed by atoms with Crippen molar-refractivity contribution in [2.24, 2.45) is 0 Å². The normalized spacial score (nSPS) is 21.4. The molecule has 1 aliphatic rings. The monoisotopic (exact) mass is 214 g/mol. The molecule has 14 heavy (non-hydrogen) atoms. The van der Waals surface area contributed by atoms with Crippen molar-refractivity contribution in [3.8, 4) is 0 Å². The van der Waals surface area contributed by atoms with Crippen molar-refractivity contribution in [2.75, 3.05) is 12.3 Å². The summed E-state index contributed by atoms with van der Waals surface area (Å²) in [6.07, 6.45) is 2.11. The van der Waals surface area contributed by atoms with E-state index in [1.165, 1.54) is 0 Å². The molecule has 2 rings (SSSR count). The number of rotatable bonds is 1. The highest BCUT2D eigenvalue weighted by Gasteiger charge is 2.21. The zero-order valence-electron chi connectivity index (χ0n) is 7.69. The van der Waals surface area contributed by atoms with Crippen LogP contribution in [0.5, 0.6) is 0 Å². The molecule has 1 heterocycles. The fraction of sp³-hybridized carbons (Fsp3) is 0.400. The summed E-state index contributed by atoms with van der Waals surface area (Å²) in [6.45, 7) is 0.965. The van der Waals surface area contributed by atoms with E-state index in [2.05, 4.69) is 5.32 Å². The minimum atomic E-state index is -0.502. The number of nitrogens with two attached hydrogens (primary N) is 1. The zero-order chi connectivity index (χ0) is 10.1. The van der Waals surface area contributed by atoms with Crippen molar-refractivity contribution in [3.63, 3.8) is 0 Å². The van der Waals surface area contributed by atoms with E-state index in [1.807, 2.05) is 0 Å². The van der Waals surface area contributed by atoms with Gasteiger partial charge in [-0.2, -0.15) is 0 Å². The minimum Gasteiger partial charge on any atom is -0.396 e. The van der Waals surface area contributed by atoms with Crippen LogP contribution in [0.1, 0.15) is 24.4 Å². The molecule has 1 atom stereocenters. The van der Waals surface area contributed by atoms with E-state index in [1.54, 1.807) is 12.1 Å². The van der Waals surface area contributed by atoms with Gasteiger partial charge in [0.15, 0.2) is 5.82 Å². The van der Waals surface area contributed by atoms with Gasteiger partial charge in [0.2, 0.25) is 0 Å². The Morgan fingerprint density at radius 1 is 1.50 bits per heavy atom. The van der Waals surface area contributed by atoms with Crippen LogP contribution in [0.15, 0.2) is 12.1 Å².